The van der Waals surface area contributed by atoms with Crippen molar-refractivity contribution >= 4 is 17.5 Å². The lowest BCUT2D eigenvalue weighted by atomic mass is 9.83. The molecule has 0 radical (unpaired) electrons. The molecule has 4 heterocycles. The quantitative estimate of drug-likeness (QED) is 0.178. The highest BCUT2D eigenvalue weighted by Gasteiger charge is 2.39. The number of aliphatic hydroxyl groups is 3. The van der Waals surface area contributed by atoms with Crippen LogP contribution in [0.5, 0.6) is 0 Å². The van der Waals surface area contributed by atoms with Crippen molar-refractivity contribution in [3.8, 4) is 0 Å². The second-order valence-electron chi connectivity index (χ2n) is 13.2. The Morgan fingerprint density at radius 2 is 1.63 bits per heavy atom. The minimum atomic E-state index is -1.10. The number of ether oxygens (including phenoxy) is 1. The van der Waals surface area contributed by atoms with E-state index in [1.807, 2.05) is 4.90 Å². The van der Waals surface area contributed by atoms with Gasteiger partial charge in [0.1, 0.15) is 18.6 Å². The van der Waals surface area contributed by atoms with Crippen molar-refractivity contribution in [2.24, 2.45) is 17.8 Å². The number of amides is 1. The lowest BCUT2D eigenvalue weighted by molar-refractivity contribution is -0.142. The van der Waals surface area contributed by atoms with Crippen LogP contribution < -0.4 is 10.6 Å². The summed E-state index contributed by atoms with van der Waals surface area (Å²) in [4.78, 5) is 19.0. The van der Waals surface area contributed by atoms with Gasteiger partial charge in [-0.3, -0.25) is 25.2 Å². The summed E-state index contributed by atoms with van der Waals surface area (Å²) in [6.45, 7) is 7.12. The first-order valence-corrected chi connectivity index (χ1v) is 16.3. The smallest absolute Gasteiger partial charge is 0.222 e. The molecule has 10 nitrogen and oxygen atoms in total. The van der Waals surface area contributed by atoms with Crippen LogP contribution in [-0.2, 0) is 9.53 Å². The summed E-state index contributed by atoms with van der Waals surface area (Å²) >= 11 is 6.16. The van der Waals surface area contributed by atoms with Crippen LogP contribution >= 0.6 is 11.6 Å². The molecular weight excluding hydrogens is 553 g/mol. The lowest BCUT2D eigenvalue weighted by Crippen LogP contribution is -2.62. The third-order valence-electron chi connectivity index (χ3n) is 9.99. The van der Waals surface area contributed by atoms with Crippen molar-refractivity contribution < 1.29 is 29.2 Å². The molecule has 4 saturated heterocycles. The fraction of sp³-hybridized carbons (Fsp3) is 0.966. The summed E-state index contributed by atoms with van der Waals surface area (Å²) in [7, 11) is 0. The van der Waals surface area contributed by atoms with Crippen molar-refractivity contribution in [1.29, 1.82) is 0 Å². The SMILES string of the molecule is O=C(CC1CCC(OCCCC2CCN(C3NCC(Cl)CN3)CC2)CC1F)N1CC(CN2C[C@@H](O)C(O)[C@@H](O)C2)C1. The van der Waals surface area contributed by atoms with Crippen LogP contribution in [0.25, 0.3) is 0 Å². The third kappa shape index (κ3) is 8.73. The molecule has 5 aliphatic rings. The van der Waals surface area contributed by atoms with Gasteiger partial charge in [-0.25, -0.2) is 4.39 Å². The standard InChI is InChI=1S/C29H51ClFN5O5/c30-22-12-32-29(33-13-22)35-7-5-19(6-8-35)2-1-9-41-23-4-3-21(24(31)11-23)10-27(39)36-15-20(16-36)14-34-17-25(37)28(40)26(38)18-34/h19-26,28-29,32-33,37-38,40H,1-18H2/t21?,22?,23?,24?,25-,26+,28?,29?. The molecule has 41 heavy (non-hydrogen) atoms. The van der Waals surface area contributed by atoms with Gasteiger partial charge < -0.3 is 25.0 Å². The Morgan fingerprint density at radius 3 is 2.29 bits per heavy atom. The monoisotopic (exact) mass is 603 g/mol. The zero-order valence-corrected chi connectivity index (χ0v) is 25.0. The highest BCUT2D eigenvalue weighted by Crippen LogP contribution is 2.33. The Kier molecular flexibility index (Phi) is 11.6. The van der Waals surface area contributed by atoms with E-state index in [2.05, 4.69) is 15.5 Å². The normalized spacial score (nSPS) is 38.6. The molecule has 0 bridgehead atoms. The van der Waals surface area contributed by atoms with Gasteiger partial charge in [0.05, 0.1) is 23.7 Å². The number of aliphatic hydroxyl groups excluding tert-OH is 3. The van der Waals surface area contributed by atoms with Gasteiger partial charge in [-0.1, -0.05) is 0 Å². The number of carbonyl (C=O) groups is 1. The van der Waals surface area contributed by atoms with Gasteiger partial charge in [0.2, 0.25) is 5.91 Å². The number of carbonyl (C=O) groups excluding carboxylic acids is 1. The zero-order valence-electron chi connectivity index (χ0n) is 24.3. The highest BCUT2D eigenvalue weighted by atomic mass is 35.5. The van der Waals surface area contributed by atoms with Crippen molar-refractivity contribution in [1.82, 2.24) is 25.3 Å². The number of hydrogen-bond donors (Lipinski definition) is 5. The molecule has 1 amide bonds. The van der Waals surface area contributed by atoms with E-state index in [9.17, 15) is 24.5 Å². The summed E-state index contributed by atoms with van der Waals surface area (Å²) in [6.07, 6.45) is 2.88. The van der Waals surface area contributed by atoms with Crippen LogP contribution in [0.1, 0.15) is 51.4 Å². The van der Waals surface area contributed by atoms with Gasteiger partial charge in [0, 0.05) is 84.3 Å². The Labute approximate surface area is 248 Å². The molecule has 1 aliphatic carbocycles. The van der Waals surface area contributed by atoms with Crippen LogP contribution in [-0.4, -0.2) is 144 Å². The summed E-state index contributed by atoms with van der Waals surface area (Å²) in [6, 6.07) is 0. The number of rotatable bonds is 10. The van der Waals surface area contributed by atoms with Gasteiger partial charge in [0.15, 0.2) is 0 Å². The van der Waals surface area contributed by atoms with Crippen molar-refractivity contribution in [3.05, 3.63) is 0 Å². The number of halogens is 2. The molecule has 0 aromatic heterocycles. The number of β-amino-alcohol motifs (C(OH)–C–C–N with tert-alkyl or cyclic N) is 2. The molecule has 6 atom stereocenters. The van der Waals surface area contributed by atoms with E-state index >= 15 is 0 Å². The van der Waals surface area contributed by atoms with Gasteiger partial charge in [0.25, 0.3) is 0 Å². The summed E-state index contributed by atoms with van der Waals surface area (Å²) < 4.78 is 21.1. The van der Waals surface area contributed by atoms with Crippen molar-refractivity contribution in [2.75, 3.05) is 65.5 Å². The minimum absolute atomic E-state index is 0.0201. The fourth-order valence-corrected chi connectivity index (χ4v) is 7.54. The average molecular weight is 604 g/mol. The van der Waals surface area contributed by atoms with Crippen LogP contribution in [0.4, 0.5) is 4.39 Å². The minimum Gasteiger partial charge on any atom is -0.389 e. The first-order chi connectivity index (χ1) is 19.7. The van der Waals surface area contributed by atoms with Crippen LogP contribution in [0.3, 0.4) is 0 Å². The van der Waals surface area contributed by atoms with Gasteiger partial charge in [-0.05, 0) is 50.4 Å². The fourth-order valence-electron chi connectivity index (χ4n) is 7.36. The van der Waals surface area contributed by atoms with Crippen LogP contribution in [0, 0.1) is 17.8 Å². The van der Waals surface area contributed by atoms with E-state index in [0.717, 1.165) is 51.4 Å². The van der Waals surface area contributed by atoms with Gasteiger partial charge in [-0.15, -0.1) is 11.6 Å². The predicted octanol–water partition coefficient (Wildman–Crippen LogP) is 0.333. The van der Waals surface area contributed by atoms with E-state index < -0.39 is 24.5 Å². The number of alkyl halides is 2. The number of nitrogens with zero attached hydrogens (tertiary/aromatic N) is 3. The second kappa shape index (κ2) is 14.9. The predicted molar refractivity (Wildman–Crippen MR) is 154 cm³/mol. The molecule has 5 N–H and O–H groups in total. The Morgan fingerprint density at radius 1 is 0.951 bits per heavy atom. The molecule has 12 heteroatoms. The maximum absolute atomic E-state index is 15.0. The van der Waals surface area contributed by atoms with E-state index in [4.69, 9.17) is 16.3 Å². The molecule has 4 aliphatic heterocycles. The molecular formula is C29H51ClFN5O5. The topological polar surface area (TPSA) is 121 Å². The molecule has 0 aromatic carbocycles. The first-order valence-electron chi connectivity index (χ1n) is 15.9. The number of nitrogens with one attached hydrogen (secondary N) is 2. The van der Waals surface area contributed by atoms with Gasteiger partial charge in [-0.2, -0.15) is 0 Å². The van der Waals surface area contributed by atoms with E-state index in [0.29, 0.717) is 52.2 Å². The number of piperidine rings is 2. The zero-order chi connectivity index (χ0) is 28.9. The summed E-state index contributed by atoms with van der Waals surface area (Å²) in [5.41, 5.74) is 0. The number of hydrogen-bond acceptors (Lipinski definition) is 9. The van der Waals surface area contributed by atoms with Crippen LogP contribution in [0.15, 0.2) is 0 Å². The Hall–Kier alpha value is -0.630. The van der Waals surface area contributed by atoms with E-state index in [1.54, 1.807) is 4.90 Å². The molecule has 4 unspecified atom stereocenters. The van der Waals surface area contributed by atoms with Gasteiger partial charge >= 0.3 is 0 Å². The maximum Gasteiger partial charge on any atom is 0.222 e. The van der Waals surface area contributed by atoms with Crippen molar-refractivity contribution in [3.63, 3.8) is 0 Å². The molecule has 0 spiro atoms. The van der Waals surface area contributed by atoms with E-state index in [-0.39, 0.29) is 41.9 Å². The molecule has 236 valence electrons. The Balaban J connectivity index is 0.902. The lowest BCUT2D eigenvalue weighted by Gasteiger charge is -2.45. The summed E-state index contributed by atoms with van der Waals surface area (Å²) in [5, 5.41) is 36.6. The molecule has 0 aromatic rings. The molecule has 5 fully saturated rings. The first kappa shape index (κ1) is 31.8. The maximum atomic E-state index is 15.0. The van der Waals surface area contributed by atoms with E-state index in [1.165, 1.54) is 12.8 Å². The second-order valence-corrected chi connectivity index (χ2v) is 13.8. The summed E-state index contributed by atoms with van der Waals surface area (Å²) in [5.74, 6) is 0.786. The molecule has 5 rings (SSSR count). The molecule has 1 saturated carbocycles. The number of likely N-dealkylation sites (tertiary alicyclic amines) is 3. The van der Waals surface area contributed by atoms with Crippen LogP contribution in [0.2, 0.25) is 0 Å². The average Bonchev–Trinajstić information content (AvgIpc) is 2.93. The van der Waals surface area contributed by atoms with Crippen molar-refractivity contribution in [2.45, 2.75) is 93.6 Å². The highest BCUT2D eigenvalue weighted by molar-refractivity contribution is 6.21. The third-order valence-corrected chi connectivity index (χ3v) is 10.3. The Bertz CT molecular complexity index is 815. The largest absolute Gasteiger partial charge is 0.389 e.